The van der Waals surface area contributed by atoms with Crippen LogP contribution in [0.2, 0.25) is 18.1 Å². The van der Waals surface area contributed by atoms with Gasteiger partial charge in [0.2, 0.25) is 0 Å². The highest BCUT2D eigenvalue weighted by Gasteiger charge is 2.42. The Labute approximate surface area is 99.1 Å². The lowest BCUT2D eigenvalue weighted by molar-refractivity contribution is -0.107. The van der Waals surface area contributed by atoms with Crippen LogP contribution in [0.1, 0.15) is 31.9 Å². The van der Waals surface area contributed by atoms with Crippen LogP contribution >= 0.6 is 0 Å². The highest BCUT2D eigenvalue weighted by molar-refractivity contribution is 6.83. The minimum atomic E-state index is -1.67. The van der Waals surface area contributed by atoms with Crippen LogP contribution in [-0.2, 0) is 4.79 Å². The van der Waals surface area contributed by atoms with Crippen LogP contribution < -0.4 is 0 Å². The van der Waals surface area contributed by atoms with Crippen molar-refractivity contribution in [3.8, 4) is 0 Å². The quantitative estimate of drug-likeness (QED) is 0.593. The number of carbonyl (C=O) groups excluding carboxylic acids is 1. The monoisotopic (exact) mass is 235 g/mol. The van der Waals surface area contributed by atoms with Gasteiger partial charge >= 0.3 is 0 Å². The molecule has 1 rings (SSSR count). The van der Waals surface area contributed by atoms with Gasteiger partial charge in [0.15, 0.2) is 0 Å². The van der Waals surface area contributed by atoms with Crippen molar-refractivity contribution in [2.75, 3.05) is 0 Å². The lowest BCUT2D eigenvalue weighted by Crippen LogP contribution is -2.44. The van der Waals surface area contributed by atoms with E-state index < -0.39 is 8.07 Å². The molecule has 0 fully saturated rings. The first-order valence-electron chi connectivity index (χ1n) is 5.66. The number of aromatic nitrogens is 1. The predicted molar refractivity (Wildman–Crippen MR) is 70.2 cm³/mol. The molecule has 0 saturated carbocycles. The van der Waals surface area contributed by atoms with Crippen molar-refractivity contribution < 1.29 is 4.79 Å². The summed E-state index contributed by atoms with van der Waals surface area (Å²) in [4.78, 5) is 15.4. The van der Waals surface area contributed by atoms with E-state index in [-0.39, 0.29) is 10.6 Å². The van der Waals surface area contributed by atoms with Crippen LogP contribution in [0.3, 0.4) is 0 Å². The lowest BCUT2D eigenvalue weighted by atomic mass is 10.2. The van der Waals surface area contributed by atoms with Gasteiger partial charge in [-0.1, -0.05) is 33.9 Å². The zero-order chi connectivity index (χ0) is 12.4. The number of carbonyl (C=O) groups is 1. The van der Waals surface area contributed by atoms with Crippen LogP contribution in [0.4, 0.5) is 0 Å². The topological polar surface area (TPSA) is 30.0 Å². The molecule has 88 valence electrons. The molecular weight excluding hydrogens is 214 g/mol. The average Bonchev–Trinajstić information content (AvgIpc) is 2.18. The molecule has 0 aliphatic rings. The summed E-state index contributed by atoms with van der Waals surface area (Å²) in [5, 5.41) is 0.210. The van der Waals surface area contributed by atoms with Crippen molar-refractivity contribution in [3.05, 3.63) is 30.1 Å². The van der Waals surface area contributed by atoms with E-state index in [1.165, 1.54) is 0 Å². The van der Waals surface area contributed by atoms with E-state index in [2.05, 4.69) is 38.8 Å². The van der Waals surface area contributed by atoms with E-state index >= 15 is 0 Å². The Bertz CT molecular complexity index is 354. The van der Waals surface area contributed by atoms with Crippen LogP contribution in [0.15, 0.2) is 24.5 Å². The molecule has 0 bridgehead atoms. The molecule has 0 spiro atoms. The molecule has 16 heavy (non-hydrogen) atoms. The van der Waals surface area contributed by atoms with Crippen LogP contribution in [0.5, 0.6) is 0 Å². The fourth-order valence-corrected chi connectivity index (χ4v) is 4.00. The fourth-order valence-electron chi connectivity index (χ4n) is 1.70. The largest absolute Gasteiger partial charge is 0.303 e. The Morgan fingerprint density at radius 2 is 1.75 bits per heavy atom. The van der Waals surface area contributed by atoms with Crippen molar-refractivity contribution in [2.24, 2.45) is 0 Å². The third kappa shape index (κ3) is 2.40. The van der Waals surface area contributed by atoms with Gasteiger partial charge in [-0.3, -0.25) is 4.98 Å². The Morgan fingerprint density at radius 3 is 2.12 bits per heavy atom. The molecule has 1 unspecified atom stereocenters. The third-order valence-electron chi connectivity index (χ3n) is 3.91. The first-order chi connectivity index (χ1) is 7.30. The summed E-state index contributed by atoms with van der Waals surface area (Å²) < 4.78 is 0. The summed E-state index contributed by atoms with van der Waals surface area (Å²) in [6.45, 7) is 11.3. The molecule has 0 aromatic carbocycles. The minimum Gasteiger partial charge on any atom is -0.303 e. The highest BCUT2D eigenvalue weighted by Crippen LogP contribution is 2.43. The SMILES string of the molecule is CC(C)(C)[Si](C)(C)C(C=O)c1ccncc1. The molecule has 0 radical (unpaired) electrons. The van der Waals surface area contributed by atoms with E-state index in [0.717, 1.165) is 11.8 Å². The molecule has 2 nitrogen and oxygen atoms in total. The first-order valence-corrected chi connectivity index (χ1v) is 8.73. The smallest absolute Gasteiger partial charge is 0.124 e. The number of rotatable bonds is 3. The van der Waals surface area contributed by atoms with Crippen LogP contribution in [0, 0.1) is 0 Å². The van der Waals surface area contributed by atoms with Crippen LogP contribution in [-0.4, -0.2) is 19.3 Å². The summed E-state index contributed by atoms with van der Waals surface area (Å²) in [6, 6.07) is 3.92. The van der Waals surface area contributed by atoms with Crippen LogP contribution in [0.25, 0.3) is 0 Å². The third-order valence-corrected chi connectivity index (χ3v) is 9.80. The predicted octanol–water partition coefficient (Wildman–Crippen LogP) is 3.41. The van der Waals surface area contributed by atoms with Gasteiger partial charge in [-0.2, -0.15) is 0 Å². The maximum absolute atomic E-state index is 11.4. The lowest BCUT2D eigenvalue weighted by Gasteiger charge is -2.41. The number of nitrogens with zero attached hydrogens (tertiary/aromatic N) is 1. The van der Waals surface area contributed by atoms with E-state index in [0.29, 0.717) is 0 Å². The highest BCUT2D eigenvalue weighted by atomic mass is 28.3. The molecule has 1 heterocycles. The minimum absolute atomic E-state index is 0.0514. The van der Waals surface area contributed by atoms with Gasteiger partial charge in [-0.05, 0) is 22.7 Å². The van der Waals surface area contributed by atoms with Crippen molar-refractivity contribution in [1.29, 1.82) is 0 Å². The molecule has 0 N–H and O–H groups in total. The van der Waals surface area contributed by atoms with E-state index in [4.69, 9.17) is 0 Å². The van der Waals surface area contributed by atoms with Gasteiger partial charge < -0.3 is 4.79 Å². The second kappa shape index (κ2) is 4.50. The van der Waals surface area contributed by atoms with Gasteiger partial charge in [-0.25, -0.2) is 0 Å². The maximum atomic E-state index is 11.4. The average molecular weight is 235 g/mol. The van der Waals surface area contributed by atoms with Crippen molar-refractivity contribution >= 4 is 14.4 Å². The number of hydrogen-bond donors (Lipinski definition) is 0. The van der Waals surface area contributed by atoms with E-state index in [9.17, 15) is 4.79 Å². The molecule has 0 aliphatic carbocycles. The summed E-state index contributed by atoms with van der Waals surface area (Å²) in [5.41, 5.74) is 1.16. The van der Waals surface area contributed by atoms with E-state index in [1.54, 1.807) is 12.4 Å². The van der Waals surface area contributed by atoms with Gasteiger partial charge in [-0.15, -0.1) is 0 Å². The number of pyridine rings is 1. The summed E-state index contributed by atoms with van der Waals surface area (Å²) in [6.07, 6.45) is 4.64. The zero-order valence-corrected chi connectivity index (χ0v) is 11.8. The van der Waals surface area contributed by atoms with Gasteiger partial charge in [0, 0.05) is 17.9 Å². The number of aldehydes is 1. The van der Waals surface area contributed by atoms with Crippen molar-refractivity contribution in [3.63, 3.8) is 0 Å². The molecule has 3 heteroatoms. The molecule has 1 aromatic heterocycles. The summed E-state index contributed by atoms with van der Waals surface area (Å²) in [5.74, 6) is 0. The zero-order valence-electron chi connectivity index (χ0n) is 10.8. The summed E-state index contributed by atoms with van der Waals surface area (Å²) >= 11 is 0. The van der Waals surface area contributed by atoms with Gasteiger partial charge in [0.1, 0.15) is 6.29 Å². The molecule has 0 amide bonds. The second-order valence-corrected chi connectivity index (χ2v) is 11.4. The first kappa shape index (κ1) is 13.1. The normalized spacial score (nSPS) is 14.6. The standard InChI is InChI=1S/C13H21NOSi/c1-13(2,3)16(4,5)12(10-15)11-6-8-14-9-7-11/h6-10,12H,1-5H3. The van der Waals surface area contributed by atoms with Gasteiger partial charge in [0.05, 0.1) is 8.07 Å². The molecule has 0 saturated heterocycles. The Morgan fingerprint density at radius 1 is 1.25 bits per heavy atom. The van der Waals surface area contributed by atoms with E-state index in [1.807, 2.05) is 12.1 Å². The van der Waals surface area contributed by atoms with Crippen molar-refractivity contribution in [1.82, 2.24) is 4.98 Å². The Balaban J connectivity index is 3.14. The molecule has 1 atom stereocenters. The second-order valence-electron chi connectivity index (χ2n) is 5.87. The fraction of sp³-hybridized carbons (Fsp3) is 0.538. The Kier molecular flexibility index (Phi) is 3.68. The maximum Gasteiger partial charge on any atom is 0.124 e. The Hall–Kier alpha value is -0.963. The molecular formula is C13H21NOSi. The van der Waals surface area contributed by atoms with Gasteiger partial charge in [0.25, 0.3) is 0 Å². The molecule has 1 aromatic rings. The summed E-state index contributed by atoms with van der Waals surface area (Å²) in [7, 11) is -1.67. The number of hydrogen-bond acceptors (Lipinski definition) is 2. The van der Waals surface area contributed by atoms with Crippen molar-refractivity contribution in [2.45, 2.75) is 44.4 Å². The molecule has 0 aliphatic heterocycles.